The third-order valence-corrected chi connectivity index (χ3v) is 4.86. The van der Waals surface area contributed by atoms with Crippen LogP contribution in [0.3, 0.4) is 0 Å². The summed E-state index contributed by atoms with van der Waals surface area (Å²) in [6.07, 6.45) is 2.41. The molecule has 1 aromatic rings. The van der Waals surface area contributed by atoms with Crippen molar-refractivity contribution in [3.63, 3.8) is 0 Å². The molecule has 1 unspecified atom stereocenters. The Morgan fingerprint density at radius 1 is 1.07 bits per heavy atom. The van der Waals surface area contributed by atoms with Crippen molar-refractivity contribution in [3.05, 3.63) is 34.9 Å². The van der Waals surface area contributed by atoms with Crippen LogP contribution in [0.2, 0.25) is 0 Å². The summed E-state index contributed by atoms with van der Waals surface area (Å²) in [5.74, 6) is -1.92. The Bertz CT molecular complexity index is 777. The van der Waals surface area contributed by atoms with Crippen LogP contribution < -0.4 is 16.0 Å². The molecule has 0 aliphatic carbocycles. The molecule has 8 heteroatoms. The van der Waals surface area contributed by atoms with Crippen molar-refractivity contribution in [2.45, 2.75) is 38.3 Å². The number of benzene rings is 1. The van der Waals surface area contributed by atoms with Crippen LogP contribution in [-0.4, -0.2) is 54.7 Å². The van der Waals surface area contributed by atoms with Crippen molar-refractivity contribution >= 4 is 23.6 Å². The van der Waals surface area contributed by atoms with Gasteiger partial charge in [-0.05, 0) is 57.1 Å². The second-order valence-electron chi connectivity index (χ2n) is 6.81. The Balaban J connectivity index is 1.66. The van der Waals surface area contributed by atoms with Gasteiger partial charge < -0.3 is 10.6 Å². The summed E-state index contributed by atoms with van der Waals surface area (Å²) >= 11 is 0. The molecule has 2 aliphatic rings. The number of nitrogens with zero attached hydrogens (tertiary/aromatic N) is 1. The first-order chi connectivity index (χ1) is 13.0. The van der Waals surface area contributed by atoms with Crippen LogP contribution in [0.4, 0.5) is 0 Å². The quantitative estimate of drug-likeness (QED) is 0.444. The van der Waals surface area contributed by atoms with Gasteiger partial charge in [-0.1, -0.05) is 6.07 Å². The third kappa shape index (κ3) is 4.06. The zero-order chi connectivity index (χ0) is 19.4. The fourth-order valence-electron chi connectivity index (χ4n) is 3.41. The van der Waals surface area contributed by atoms with Crippen LogP contribution in [0.5, 0.6) is 0 Å². The Kier molecular flexibility index (Phi) is 5.98. The number of unbranched alkanes of at least 4 members (excludes halogenated alkanes) is 1. The molecular weight excluding hydrogens is 348 g/mol. The summed E-state index contributed by atoms with van der Waals surface area (Å²) < 4.78 is 0. The van der Waals surface area contributed by atoms with Crippen LogP contribution >= 0.6 is 0 Å². The molecule has 0 saturated carbocycles. The molecule has 27 heavy (non-hydrogen) atoms. The maximum Gasteiger partial charge on any atom is 0.262 e. The number of rotatable bonds is 8. The van der Waals surface area contributed by atoms with Gasteiger partial charge in [0.2, 0.25) is 11.8 Å². The molecule has 144 valence electrons. The van der Waals surface area contributed by atoms with Crippen molar-refractivity contribution in [3.8, 4) is 0 Å². The molecule has 3 N–H and O–H groups in total. The molecule has 0 bridgehead atoms. The topological polar surface area (TPSA) is 108 Å². The lowest BCUT2D eigenvalue weighted by Crippen LogP contribution is -2.54. The number of hydrogen-bond acceptors (Lipinski definition) is 6. The van der Waals surface area contributed by atoms with Gasteiger partial charge in [0.15, 0.2) is 0 Å². The van der Waals surface area contributed by atoms with E-state index in [1.807, 2.05) is 13.1 Å². The summed E-state index contributed by atoms with van der Waals surface area (Å²) in [6.45, 7) is 2.45. The van der Waals surface area contributed by atoms with Gasteiger partial charge in [-0.2, -0.15) is 0 Å². The summed E-state index contributed by atoms with van der Waals surface area (Å²) in [4.78, 5) is 49.7. The monoisotopic (exact) mass is 372 g/mol. The van der Waals surface area contributed by atoms with Crippen molar-refractivity contribution in [1.29, 1.82) is 0 Å². The Hall–Kier alpha value is -2.58. The number of carbonyl (C=O) groups excluding carboxylic acids is 4. The molecule has 8 nitrogen and oxygen atoms in total. The highest BCUT2D eigenvalue weighted by Gasteiger charge is 2.44. The minimum Gasteiger partial charge on any atom is -0.320 e. The molecule has 3 rings (SSSR count). The molecule has 0 aromatic heterocycles. The van der Waals surface area contributed by atoms with Crippen molar-refractivity contribution in [2.24, 2.45) is 0 Å². The van der Waals surface area contributed by atoms with Crippen LogP contribution in [0.25, 0.3) is 0 Å². The minimum absolute atomic E-state index is 0.118. The minimum atomic E-state index is -0.927. The SMILES string of the molecule is CNCCCCNCc1ccc2c(c1)C(=O)N(C1CCC(=O)NC1=O)C2=O. The highest BCUT2D eigenvalue weighted by molar-refractivity contribution is 6.23. The summed E-state index contributed by atoms with van der Waals surface area (Å²) in [5, 5.41) is 8.62. The number of amides is 4. The van der Waals surface area contributed by atoms with E-state index in [0.29, 0.717) is 17.7 Å². The summed E-state index contributed by atoms with van der Waals surface area (Å²) in [6, 6.07) is 4.24. The largest absolute Gasteiger partial charge is 0.320 e. The number of fused-ring (bicyclic) bond motifs is 1. The van der Waals surface area contributed by atoms with Gasteiger partial charge >= 0.3 is 0 Å². The molecular formula is C19H24N4O4. The maximum absolute atomic E-state index is 12.7. The average Bonchev–Trinajstić information content (AvgIpc) is 2.89. The van der Waals surface area contributed by atoms with Gasteiger partial charge in [-0.3, -0.25) is 29.4 Å². The van der Waals surface area contributed by atoms with E-state index in [1.54, 1.807) is 12.1 Å². The van der Waals surface area contributed by atoms with E-state index < -0.39 is 23.8 Å². The lowest BCUT2D eigenvalue weighted by Gasteiger charge is -2.27. The van der Waals surface area contributed by atoms with Crippen LogP contribution in [0.15, 0.2) is 18.2 Å². The van der Waals surface area contributed by atoms with Gasteiger partial charge in [0.1, 0.15) is 6.04 Å². The molecule has 4 amide bonds. The Labute approximate surface area is 157 Å². The molecule has 1 aromatic carbocycles. The number of imide groups is 2. The number of nitrogens with one attached hydrogen (secondary N) is 3. The second-order valence-corrected chi connectivity index (χ2v) is 6.81. The molecule has 0 spiro atoms. The van der Waals surface area contributed by atoms with E-state index in [2.05, 4.69) is 16.0 Å². The predicted octanol–water partition coefficient (Wildman–Crippen LogP) is 0.177. The fourth-order valence-corrected chi connectivity index (χ4v) is 3.41. The van der Waals surface area contributed by atoms with Gasteiger partial charge in [0, 0.05) is 13.0 Å². The first-order valence-electron chi connectivity index (χ1n) is 9.22. The van der Waals surface area contributed by atoms with E-state index >= 15 is 0 Å². The van der Waals surface area contributed by atoms with Gasteiger partial charge in [0.25, 0.3) is 11.8 Å². The number of hydrogen-bond donors (Lipinski definition) is 3. The van der Waals surface area contributed by atoms with Crippen LogP contribution in [0, 0.1) is 0 Å². The zero-order valence-electron chi connectivity index (χ0n) is 15.3. The predicted molar refractivity (Wildman–Crippen MR) is 98.0 cm³/mol. The lowest BCUT2D eigenvalue weighted by atomic mass is 10.0. The van der Waals surface area contributed by atoms with Crippen molar-refractivity contribution < 1.29 is 19.2 Å². The number of carbonyl (C=O) groups is 4. The fraction of sp³-hybridized carbons (Fsp3) is 0.474. The highest BCUT2D eigenvalue weighted by atomic mass is 16.2. The normalized spacial score (nSPS) is 19.4. The summed E-state index contributed by atoms with van der Waals surface area (Å²) in [7, 11) is 1.92. The number of piperidine rings is 1. The second kappa shape index (κ2) is 8.41. The van der Waals surface area contributed by atoms with Gasteiger partial charge in [-0.15, -0.1) is 0 Å². The molecule has 2 aliphatic heterocycles. The lowest BCUT2D eigenvalue weighted by molar-refractivity contribution is -0.136. The highest BCUT2D eigenvalue weighted by Crippen LogP contribution is 2.28. The molecule has 1 fully saturated rings. The molecule has 1 saturated heterocycles. The van der Waals surface area contributed by atoms with Crippen LogP contribution in [-0.2, 0) is 16.1 Å². The zero-order valence-corrected chi connectivity index (χ0v) is 15.3. The summed E-state index contributed by atoms with van der Waals surface area (Å²) in [5.41, 5.74) is 1.54. The average molecular weight is 372 g/mol. The smallest absolute Gasteiger partial charge is 0.262 e. The van der Waals surface area contributed by atoms with E-state index in [9.17, 15) is 19.2 Å². The maximum atomic E-state index is 12.7. The van der Waals surface area contributed by atoms with E-state index in [1.165, 1.54) is 0 Å². The van der Waals surface area contributed by atoms with Crippen molar-refractivity contribution in [2.75, 3.05) is 20.1 Å². The molecule has 2 heterocycles. The standard InChI is InChI=1S/C19H24N4O4/c1-20-8-2-3-9-21-11-12-4-5-13-14(10-12)19(27)23(18(13)26)15-6-7-16(24)22-17(15)25/h4-5,10,15,20-21H,2-3,6-9,11H2,1H3,(H,22,24,25). The van der Waals surface area contributed by atoms with Gasteiger partial charge in [0.05, 0.1) is 11.1 Å². The van der Waals surface area contributed by atoms with E-state index in [4.69, 9.17) is 0 Å². The van der Waals surface area contributed by atoms with Crippen molar-refractivity contribution in [1.82, 2.24) is 20.9 Å². The Morgan fingerprint density at radius 3 is 2.56 bits per heavy atom. The van der Waals surface area contributed by atoms with Gasteiger partial charge in [-0.25, -0.2) is 0 Å². The third-order valence-electron chi connectivity index (χ3n) is 4.86. The molecule has 0 radical (unpaired) electrons. The van der Waals surface area contributed by atoms with E-state index in [-0.39, 0.29) is 18.7 Å². The first kappa shape index (κ1) is 19.2. The molecule has 1 atom stereocenters. The van der Waals surface area contributed by atoms with E-state index in [0.717, 1.165) is 36.4 Å². The Morgan fingerprint density at radius 2 is 1.81 bits per heavy atom. The first-order valence-corrected chi connectivity index (χ1v) is 9.22. The van der Waals surface area contributed by atoms with Crippen LogP contribution in [0.1, 0.15) is 52.0 Å².